The van der Waals surface area contributed by atoms with Gasteiger partial charge < -0.3 is 9.13 Å². The summed E-state index contributed by atoms with van der Waals surface area (Å²) in [5.74, 6) is 0. The van der Waals surface area contributed by atoms with Crippen molar-refractivity contribution < 1.29 is 0 Å². The lowest BCUT2D eigenvalue weighted by Gasteiger charge is -2.08. The summed E-state index contributed by atoms with van der Waals surface area (Å²) in [6.45, 7) is 0. The van der Waals surface area contributed by atoms with Gasteiger partial charge >= 0.3 is 0 Å². The van der Waals surface area contributed by atoms with Crippen LogP contribution in [0.5, 0.6) is 0 Å². The fraction of sp³-hybridized carbons (Fsp3) is 0. The van der Waals surface area contributed by atoms with Crippen molar-refractivity contribution in [3.63, 3.8) is 0 Å². The van der Waals surface area contributed by atoms with Crippen molar-refractivity contribution in [2.45, 2.75) is 0 Å². The van der Waals surface area contributed by atoms with Crippen molar-refractivity contribution in [1.82, 2.24) is 9.13 Å². The first-order valence-electron chi connectivity index (χ1n) is 15.8. The predicted octanol–water partition coefficient (Wildman–Crippen LogP) is 11.9. The van der Waals surface area contributed by atoms with Gasteiger partial charge in [-0.2, -0.15) is 0 Å². The molecule has 2 heteroatoms. The summed E-state index contributed by atoms with van der Waals surface area (Å²) in [4.78, 5) is 0. The Morgan fingerprint density at radius 2 is 0.739 bits per heavy atom. The lowest BCUT2D eigenvalue weighted by molar-refractivity contribution is 1.18. The third-order valence-corrected chi connectivity index (χ3v) is 9.13. The molecule has 2 nitrogen and oxygen atoms in total. The first-order valence-corrected chi connectivity index (χ1v) is 15.8. The fourth-order valence-electron chi connectivity index (χ4n) is 7.10. The minimum atomic E-state index is 1.20. The number of hydrogen-bond donors (Lipinski definition) is 0. The van der Waals surface area contributed by atoms with Gasteiger partial charge in [-0.1, -0.05) is 127 Å². The Kier molecular flexibility index (Phi) is 6.17. The summed E-state index contributed by atoms with van der Waals surface area (Å²) in [6.07, 6.45) is 0. The summed E-state index contributed by atoms with van der Waals surface area (Å²) in [5.41, 5.74) is 7.43. The standard InChI is InChI=1S/2C22H15N/c1-2-10-18(11-3-1)23-21-13-7-6-12-19(21)20-14-16-8-4-5-9-17(16)15-22(20)23;1-2-9-17(10-3-1)23-20-13-7-6-12-19(20)22-18-11-5-4-8-16(18)14-15-21(22)23/h2*1-15H. The average Bonchev–Trinajstić information content (AvgIpc) is 3.64. The van der Waals surface area contributed by atoms with E-state index in [1.165, 1.54) is 76.5 Å². The predicted molar refractivity (Wildman–Crippen MR) is 197 cm³/mol. The molecule has 0 amide bonds. The minimum Gasteiger partial charge on any atom is -0.309 e. The number of benzene rings is 8. The Morgan fingerprint density at radius 3 is 1.41 bits per heavy atom. The van der Waals surface area contributed by atoms with Crippen LogP contribution in [-0.4, -0.2) is 9.13 Å². The van der Waals surface area contributed by atoms with E-state index in [2.05, 4.69) is 191 Å². The first-order chi connectivity index (χ1) is 22.8. The van der Waals surface area contributed by atoms with Gasteiger partial charge in [0.15, 0.2) is 0 Å². The molecule has 10 aromatic rings. The number of fused-ring (bicyclic) bond motifs is 9. The van der Waals surface area contributed by atoms with Gasteiger partial charge in [-0.25, -0.2) is 0 Å². The second-order valence-electron chi connectivity index (χ2n) is 11.8. The molecule has 0 unspecified atom stereocenters. The van der Waals surface area contributed by atoms with Gasteiger partial charge in [0.1, 0.15) is 0 Å². The highest BCUT2D eigenvalue weighted by atomic mass is 15.0. The van der Waals surface area contributed by atoms with Gasteiger partial charge in [-0.15, -0.1) is 0 Å². The van der Waals surface area contributed by atoms with Gasteiger partial charge in [-0.05, 0) is 76.1 Å². The molecular weight excluding hydrogens is 556 g/mol. The maximum absolute atomic E-state index is 2.36. The molecule has 0 bridgehead atoms. The Hall–Kier alpha value is -6.12. The molecule has 216 valence electrons. The molecule has 0 radical (unpaired) electrons. The molecule has 0 aliphatic carbocycles. The molecule has 0 saturated heterocycles. The molecule has 0 aliphatic heterocycles. The van der Waals surface area contributed by atoms with Gasteiger partial charge in [0, 0.05) is 32.9 Å². The van der Waals surface area contributed by atoms with Crippen molar-refractivity contribution in [3.05, 3.63) is 182 Å². The summed E-state index contributed by atoms with van der Waals surface area (Å²) in [7, 11) is 0. The lowest BCUT2D eigenvalue weighted by Crippen LogP contribution is -1.92. The largest absolute Gasteiger partial charge is 0.309 e. The van der Waals surface area contributed by atoms with E-state index in [0.29, 0.717) is 0 Å². The molecule has 2 heterocycles. The van der Waals surface area contributed by atoms with Crippen LogP contribution in [0.1, 0.15) is 0 Å². The Balaban J connectivity index is 0.000000127. The van der Waals surface area contributed by atoms with Crippen LogP contribution < -0.4 is 0 Å². The monoisotopic (exact) mass is 586 g/mol. The number of hydrogen-bond acceptors (Lipinski definition) is 0. The van der Waals surface area contributed by atoms with Crippen molar-refractivity contribution in [3.8, 4) is 11.4 Å². The van der Waals surface area contributed by atoms with E-state index in [4.69, 9.17) is 0 Å². The zero-order valence-electron chi connectivity index (χ0n) is 25.2. The van der Waals surface area contributed by atoms with E-state index in [1.54, 1.807) is 0 Å². The van der Waals surface area contributed by atoms with E-state index < -0.39 is 0 Å². The smallest absolute Gasteiger partial charge is 0.0547 e. The van der Waals surface area contributed by atoms with E-state index in [9.17, 15) is 0 Å². The van der Waals surface area contributed by atoms with Crippen LogP contribution in [-0.2, 0) is 0 Å². The molecule has 2 aromatic heterocycles. The Bertz CT molecular complexity index is 2630. The van der Waals surface area contributed by atoms with Crippen molar-refractivity contribution >= 4 is 65.2 Å². The van der Waals surface area contributed by atoms with Gasteiger partial charge in [0.05, 0.1) is 22.1 Å². The quantitative estimate of drug-likeness (QED) is 0.191. The molecule has 0 atom stereocenters. The van der Waals surface area contributed by atoms with Gasteiger partial charge in [-0.3, -0.25) is 0 Å². The van der Waals surface area contributed by atoms with Crippen molar-refractivity contribution in [1.29, 1.82) is 0 Å². The highest BCUT2D eigenvalue weighted by Gasteiger charge is 2.14. The molecule has 0 spiro atoms. The zero-order chi connectivity index (χ0) is 30.5. The molecule has 8 aromatic carbocycles. The summed E-state index contributed by atoms with van der Waals surface area (Å²) >= 11 is 0. The fourth-order valence-corrected chi connectivity index (χ4v) is 7.10. The highest BCUT2D eigenvalue weighted by molar-refractivity contribution is 6.21. The lowest BCUT2D eigenvalue weighted by atomic mass is 10.0. The molecule has 10 rings (SSSR count). The van der Waals surface area contributed by atoms with Crippen LogP contribution >= 0.6 is 0 Å². The maximum atomic E-state index is 2.36. The number of aromatic nitrogens is 2. The van der Waals surface area contributed by atoms with Crippen molar-refractivity contribution in [2.24, 2.45) is 0 Å². The number of rotatable bonds is 2. The van der Waals surface area contributed by atoms with Crippen LogP contribution in [0.4, 0.5) is 0 Å². The third-order valence-electron chi connectivity index (χ3n) is 9.13. The van der Waals surface area contributed by atoms with E-state index in [-0.39, 0.29) is 0 Å². The van der Waals surface area contributed by atoms with Crippen molar-refractivity contribution in [2.75, 3.05) is 0 Å². The summed E-state index contributed by atoms with van der Waals surface area (Å²) < 4.78 is 4.72. The SMILES string of the molecule is c1ccc(-n2c3ccccc3c3c4ccccc4ccc32)cc1.c1ccc(-n2c3ccccc3c3cc4ccccc4cc32)cc1. The third kappa shape index (κ3) is 4.19. The van der Waals surface area contributed by atoms with Crippen LogP contribution in [0.15, 0.2) is 182 Å². The molecular formula is C44H30N2. The first kappa shape index (κ1) is 26.3. The van der Waals surface area contributed by atoms with Gasteiger partial charge in [0.2, 0.25) is 0 Å². The molecule has 0 saturated carbocycles. The highest BCUT2D eigenvalue weighted by Crippen LogP contribution is 2.37. The van der Waals surface area contributed by atoms with E-state index >= 15 is 0 Å². The maximum Gasteiger partial charge on any atom is 0.0547 e. The molecule has 0 N–H and O–H groups in total. The number of nitrogens with zero attached hydrogens (tertiary/aromatic N) is 2. The second-order valence-corrected chi connectivity index (χ2v) is 11.8. The molecule has 0 aliphatic rings. The van der Waals surface area contributed by atoms with E-state index in [0.717, 1.165) is 0 Å². The normalized spacial score (nSPS) is 11.5. The minimum absolute atomic E-state index is 1.20. The Labute approximate surface area is 267 Å². The molecule has 0 fully saturated rings. The summed E-state index contributed by atoms with van der Waals surface area (Å²) in [6, 6.07) is 64.8. The van der Waals surface area contributed by atoms with Crippen LogP contribution in [0.3, 0.4) is 0 Å². The van der Waals surface area contributed by atoms with Gasteiger partial charge in [0.25, 0.3) is 0 Å². The van der Waals surface area contributed by atoms with E-state index in [1.807, 2.05) is 0 Å². The average molecular weight is 587 g/mol. The van der Waals surface area contributed by atoms with Crippen LogP contribution in [0.2, 0.25) is 0 Å². The second kappa shape index (κ2) is 10.8. The topological polar surface area (TPSA) is 9.86 Å². The number of para-hydroxylation sites is 4. The molecule has 46 heavy (non-hydrogen) atoms. The Morgan fingerprint density at radius 1 is 0.261 bits per heavy atom. The zero-order valence-corrected chi connectivity index (χ0v) is 25.2. The summed E-state index contributed by atoms with van der Waals surface area (Å²) in [5, 5.41) is 10.4. The van der Waals surface area contributed by atoms with Crippen LogP contribution in [0.25, 0.3) is 76.5 Å². The van der Waals surface area contributed by atoms with Crippen LogP contribution in [0, 0.1) is 0 Å².